The van der Waals surface area contributed by atoms with Crippen LogP contribution < -0.4 is 9.64 Å². The average molecular weight is 539 g/mol. The van der Waals surface area contributed by atoms with Gasteiger partial charge in [-0.1, -0.05) is 31.0 Å². The topological polar surface area (TPSA) is 80.5 Å². The number of rotatable bonds is 8. The maximum Gasteiger partial charge on any atom is 0.307 e. The van der Waals surface area contributed by atoms with Crippen LogP contribution in [0.15, 0.2) is 60.8 Å². The maximum absolute atomic E-state index is 12.3. The molecule has 2 fully saturated rings. The van der Waals surface area contributed by atoms with Crippen LogP contribution in [0, 0.1) is 12.8 Å². The molecule has 1 aliphatic carbocycles. The summed E-state index contributed by atoms with van der Waals surface area (Å²) in [5, 5.41) is 10.1. The predicted molar refractivity (Wildman–Crippen MR) is 157 cm³/mol. The summed E-state index contributed by atoms with van der Waals surface area (Å²) >= 11 is 0. The molecule has 0 amide bonds. The average Bonchev–Trinajstić information content (AvgIpc) is 3.34. The minimum absolute atomic E-state index is 0.106. The van der Waals surface area contributed by atoms with Crippen molar-refractivity contribution in [3.8, 4) is 5.75 Å². The first-order valence-corrected chi connectivity index (χ1v) is 14.7. The SMILES string of the molecule is Cc1ccc(COc2ccc3nc([C@@H]4CCCC[C@@H]4C(=O)O)n(Cc4cccc(N5CCCCC5)c4)c3c2)nc1. The van der Waals surface area contributed by atoms with Crippen molar-refractivity contribution in [2.75, 3.05) is 18.0 Å². The van der Waals surface area contributed by atoms with Crippen molar-refractivity contribution in [1.82, 2.24) is 14.5 Å². The highest BCUT2D eigenvalue weighted by atomic mass is 16.5. The van der Waals surface area contributed by atoms with Gasteiger partial charge in [0.15, 0.2) is 0 Å². The summed E-state index contributed by atoms with van der Waals surface area (Å²) in [6.07, 6.45) is 9.15. The van der Waals surface area contributed by atoms with E-state index in [1.54, 1.807) is 0 Å². The van der Waals surface area contributed by atoms with Gasteiger partial charge in [-0.15, -0.1) is 0 Å². The number of pyridine rings is 1. The summed E-state index contributed by atoms with van der Waals surface area (Å²) in [6, 6.07) is 18.8. The van der Waals surface area contributed by atoms with Gasteiger partial charge in [-0.05, 0) is 80.5 Å². The number of aromatic nitrogens is 3. The lowest BCUT2D eigenvalue weighted by molar-refractivity contribution is -0.143. The van der Waals surface area contributed by atoms with Crippen molar-refractivity contribution in [1.29, 1.82) is 0 Å². The Kier molecular flexibility index (Phi) is 7.71. The van der Waals surface area contributed by atoms with Gasteiger partial charge in [0.2, 0.25) is 0 Å². The Hall–Kier alpha value is -3.87. The van der Waals surface area contributed by atoms with E-state index in [1.807, 2.05) is 43.5 Å². The number of benzene rings is 2. The number of hydrogen-bond donors (Lipinski definition) is 1. The fourth-order valence-electron chi connectivity index (χ4n) is 6.32. The first kappa shape index (κ1) is 26.4. The number of carboxylic acids is 1. The molecular formula is C33H38N4O3. The highest BCUT2D eigenvalue weighted by Gasteiger charge is 2.35. The van der Waals surface area contributed by atoms with Gasteiger partial charge in [-0.2, -0.15) is 0 Å². The molecule has 3 heterocycles. The molecule has 0 bridgehead atoms. The van der Waals surface area contributed by atoms with Crippen molar-refractivity contribution in [2.24, 2.45) is 5.92 Å². The van der Waals surface area contributed by atoms with Gasteiger partial charge < -0.3 is 19.3 Å². The Labute approximate surface area is 235 Å². The number of ether oxygens (including phenoxy) is 1. The monoisotopic (exact) mass is 538 g/mol. The molecule has 7 heteroatoms. The van der Waals surface area contributed by atoms with E-state index in [0.717, 1.165) is 66.2 Å². The largest absolute Gasteiger partial charge is 0.487 e. The lowest BCUT2D eigenvalue weighted by atomic mass is 9.78. The van der Waals surface area contributed by atoms with Crippen molar-refractivity contribution < 1.29 is 14.6 Å². The molecule has 1 saturated carbocycles. The Morgan fingerprint density at radius 3 is 2.65 bits per heavy atom. The molecule has 1 saturated heterocycles. The van der Waals surface area contributed by atoms with Crippen LogP contribution in [0.2, 0.25) is 0 Å². The van der Waals surface area contributed by atoms with Crippen molar-refractivity contribution in [3.63, 3.8) is 0 Å². The van der Waals surface area contributed by atoms with Crippen LogP contribution in [0.1, 0.15) is 73.5 Å². The number of piperidine rings is 1. The van der Waals surface area contributed by atoms with E-state index in [2.05, 4.69) is 38.7 Å². The van der Waals surface area contributed by atoms with Crippen LogP contribution in [0.4, 0.5) is 5.69 Å². The first-order valence-electron chi connectivity index (χ1n) is 14.7. The number of aliphatic carboxylic acids is 1. The summed E-state index contributed by atoms with van der Waals surface area (Å²) < 4.78 is 8.40. The third kappa shape index (κ3) is 5.69. The summed E-state index contributed by atoms with van der Waals surface area (Å²) in [5.74, 6) is 0.397. The number of carbonyl (C=O) groups is 1. The van der Waals surface area contributed by atoms with Gasteiger partial charge in [0.05, 0.1) is 22.6 Å². The molecule has 1 N–H and O–H groups in total. The van der Waals surface area contributed by atoms with E-state index in [-0.39, 0.29) is 5.92 Å². The Bertz CT molecular complexity index is 1470. The zero-order chi connectivity index (χ0) is 27.5. The number of nitrogens with zero attached hydrogens (tertiary/aromatic N) is 4. The summed E-state index contributed by atoms with van der Waals surface area (Å²) in [6.45, 7) is 5.24. The van der Waals surface area contributed by atoms with E-state index in [0.29, 0.717) is 19.6 Å². The molecule has 0 unspecified atom stereocenters. The molecule has 2 aliphatic rings. The van der Waals surface area contributed by atoms with Crippen molar-refractivity contribution in [2.45, 2.75) is 70.9 Å². The molecule has 2 aromatic carbocycles. The van der Waals surface area contributed by atoms with E-state index >= 15 is 0 Å². The van der Waals surface area contributed by atoms with Crippen molar-refractivity contribution >= 4 is 22.7 Å². The molecule has 208 valence electrons. The standard InChI is InChI=1S/C33H38N4O3/c1-23-12-13-25(34-20-23)22-40-27-14-15-30-31(19-27)37(32(35-30)28-10-3-4-11-29(28)33(38)39)21-24-8-7-9-26(18-24)36-16-5-2-6-17-36/h7-9,12-15,18-20,28-29H,2-6,10-11,16-17,21-22H2,1H3,(H,38,39)/t28-,29+/m1/s1. The van der Waals surface area contributed by atoms with E-state index in [4.69, 9.17) is 9.72 Å². The van der Waals surface area contributed by atoms with Gasteiger partial charge in [-0.25, -0.2) is 4.98 Å². The Balaban J connectivity index is 1.36. The van der Waals surface area contributed by atoms with Gasteiger partial charge in [0.1, 0.15) is 18.2 Å². The van der Waals surface area contributed by atoms with Crippen LogP contribution in [0.25, 0.3) is 11.0 Å². The predicted octanol–water partition coefficient (Wildman–Crippen LogP) is 6.72. The normalized spacial score (nSPS) is 19.6. The Morgan fingerprint density at radius 2 is 1.85 bits per heavy atom. The molecular weight excluding hydrogens is 500 g/mol. The zero-order valence-electron chi connectivity index (χ0n) is 23.3. The van der Waals surface area contributed by atoms with E-state index in [1.165, 1.54) is 30.5 Å². The second-order valence-corrected chi connectivity index (χ2v) is 11.4. The van der Waals surface area contributed by atoms with Gasteiger partial charge in [0.25, 0.3) is 0 Å². The fraction of sp³-hybridized carbons (Fsp3) is 0.424. The number of fused-ring (bicyclic) bond motifs is 1. The molecule has 6 rings (SSSR count). The molecule has 1 aliphatic heterocycles. The highest BCUT2D eigenvalue weighted by Crippen LogP contribution is 2.39. The maximum atomic E-state index is 12.3. The second-order valence-electron chi connectivity index (χ2n) is 11.4. The first-order chi connectivity index (χ1) is 19.5. The minimum atomic E-state index is -0.718. The van der Waals surface area contributed by atoms with Crippen LogP contribution in [0.5, 0.6) is 5.75 Å². The third-order valence-electron chi connectivity index (χ3n) is 8.50. The van der Waals surface area contributed by atoms with Crippen molar-refractivity contribution in [3.05, 3.63) is 83.4 Å². The van der Waals surface area contributed by atoms with Gasteiger partial charge >= 0.3 is 5.97 Å². The van der Waals surface area contributed by atoms with E-state index < -0.39 is 11.9 Å². The van der Waals surface area contributed by atoms with Crippen LogP contribution >= 0.6 is 0 Å². The van der Waals surface area contributed by atoms with Crippen LogP contribution in [-0.2, 0) is 17.9 Å². The molecule has 40 heavy (non-hydrogen) atoms. The van der Waals surface area contributed by atoms with E-state index in [9.17, 15) is 9.90 Å². The number of aryl methyl sites for hydroxylation is 1. The second kappa shape index (κ2) is 11.7. The summed E-state index contributed by atoms with van der Waals surface area (Å²) in [5.41, 5.74) is 6.30. The summed E-state index contributed by atoms with van der Waals surface area (Å²) in [7, 11) is 0. The van der Waals surface area contributed by atoms with Crippen LogP contribution in [0.3, 0.4) is 0 Å². The number of hydrogen-bond acceptors (Lipinski definition) is 5. The summed E-state index contributed by atoms with van der Waals surface area (Å²) in [4.78, 5) is 24.3. The molecule has 0 radical (unpaired) electrons. The lowest BCUT2D eigenvalue weighted by Crippen LogP contribution is -2.29. The van der Waals surface area contributed by atoms with Gasteiger partial charge in [-0.3, -0.25) is 9.78 Å². The third-order valence-corrected chi connectivity index (χ3v) is 8.50. The molecule has 4 aromatic rings. The minimum Gasteiger partial charge on any atom is -0.487 e. The zero-order valence-corrected chi connectivity index (χ0v) is 23.3. The van der Waals surface area contributed by atoms with Crippen LogP contribution in [-0.4, -0.2) is 38.7 Å². The fourth-order valence-corrected chi connectivity index (χ4v) is 6.32. The lowest BCUT2D eigenvalue weighted by Gasteiger charge is -2.30. The molecule has 7 nitrogen and oxygen atoms in total. The van der Waals surface area contributed by atoms with Gasteiger partial charge in [0, 0.05) is 43.5 Å². The quantitative estimate of drug-likeness (QED) is 0.268. The molecule has 0 spiro atoms. The molecule has 2 aromatic heterocycles. The highest BCUT2D eigenvalue weighted by molar-refractivity contribution is 5.79. The number of imidazole rings is 1. The number of anilines is 1. The smallest absolute Gasteiger partial charge is 0.307 e. The Morgan fingerprint density at radius 1 is 1.00 bits per heavy atom. The molecule has 2 atom stereocenters. The number of carboxylic acid groups (broad SMARTS) is 1.